The molecule has 0 aromatic heterocycles. The van der Waals surface area contributed by atoms with Crippen molar-refractivity contribution in [3.05, 3.63) is 92.9 Å². The van der Waals surface area contributed by atoms with Crippen molar-refractivity contribution in [2.75, 3.05) is 10.8 Å². The van der Waals surface area contributed by atoms with Crippen LogP contribution in [0, 0.1) is 0 Å². The molecule has 1 fully saturated rings. The highest BCUT2D eigenvalue weighted by Crippen LogP contribution is 2.31. The minimum atomic E-state index is -4.18. The van der Waals surface area contributed by atoms with E-state index >= 15 is 0 Å². The zero-order chi connectivity index (χ0) is 29.6. The van der Waals surface area contributed by atoms with E-state index in [0.29, 0.717) is 0 Å². The number of carbonyl (C=O) groups excluding carboxylic acids is 2. The second kappa shape index (κ2) is 14.1. The first-order chi connectivity index (χ1) is 19.6. The number of nitrogens with zero attached hydrogens (tertiary/aromatic N) is 2. The fourth-order valence-corrected chi connectivity index (χ4v) is 7.04. The molecule has 4 rings (SSSR count). The average molecular weight is 681 g/mol. The van der Waals surface area contributed by atoms with Crippen LogP contribution in [0.25, 0.3) is 0 Å². The van der Waals surface area contributed by atoms with Gasteiger partial charge in [0.05, 0.1) is 20.6 Å². The third-order valence-corrected chi connectivity index (χ3v) is 10.2. The maximum Gasteiger partial charge on any atom is 0.264 e. The summed E-state index contributed by atoms with van der Waals surface area (Å²) < 4.78 is 29.5. The fraction of sp³-hybridized carbons (Fsp3) is 0.333. The lowest BCUT2D eigenvalue weighted by Gasteiger charge is -2.33. The third kappa shape index (κ3) is 8.03. The van der Waals surface area contributed by atoms with Gasteiger partial charge in [0.1, 0.15) is 12.6 Å². The highest BCUT2D eigenvalue weighted by atomic mass is 79.9. The molecule has 41 heavy (non-hydrogen) atoms. The molecule has 7 nitrogen and oxygen atoms in total. The highest BCUT2D eigenvalue weighted by molar-refractivity contribution is 9.10. The van der Waals surface area contributed by atoms with Gasteiger partial charge in [-0.25, -0.2) is 8.42 Å². The Morgan fingerprint density at radius 1 is 0.951 bits per heavy atom. The van der Waals surface area contributed by atoms with Crippen molar-refractivity contribution in [1.29, 1.82) is 0 Å². The van der Waals surface area contributed by atoms with Crippen molar-refractivity contribution < 1.29 is 18.0 Å². The minimum absolute atomic E-state index is 0.0144. The maximum atomic E-state index is 14.1. The van der Waals surface area contributed by atoms with E-state index in [0.717, 1.165) is 46.4 Å². The lowest BCUT2D eigenvalue weighted by molar-refractivity contribution is -0.139. The number of anilines is 1. The summed E-state index contributed by atoms with van der Waals surface area (Å²) in [7, 11) is -4.18. The van der Waals surface area contributed by atoms with Gasteiger partial charge in [0.25, 0.3) is 10.0 Å². The molecule has 2 amide bonds. The maximum absolute atomic E-state index is 14.1. The zero-order valence-corrected chi connectivity index (χ0v) is 26.5. The molecule has 0 unspecified atom stereocenters. The molecule has 1 saturated carbocycles. The van der Waals surface area contributed by atoms with Crippen LogP contribution in [0.1, 0.15) is 44.6 Å². The van der Waals surface area contributed by atoms with Gasteiger partial charge in [-0.1, -0.05) is 88.7 Å². The van der Waals surface area contributed by atoms with Gasteiger partial charge < -0.3 is 10.2 Å². The first-order valence-corrected chi connectivity index (χ1v) is 16.4. The van der Waals surface area contributed by atoms with Crippen molar-refractivity contribution >= 4 is 66.7 Å². The summed E-state index contributed by atoms with van der Waals surface area (Å²) in [6, 6.07) is 18.9. The minimum Gasteiger partial charge on any atom is -0.352 e. The van der Waals surface area contributed by atoms with Crippen LogP contribution < -0.4 is 9.62 Å². The van der Waals surface area contributed by atoms with Crippen LogP contribution in [0.5, 0.6) is 0 Å². The normalized spacial score (nSPS) is 14.7. The Morgan fingerprint density at radius 3 is 2.32 bits per heavy atom. The van der Waals surface area contributed by atoms with Crippen molar-refractivity contribution in [1.82, 2.24) is 10.2 Å². The average Bonchev–Trinajstić information content (AvgIpc) is 2.96. The van der Waals surface area contributed by atoms with Crippen LogP contribution >= 0.6 is 39.1 Å². The van der Waals surface area contributed by atoms with Gasteiger partial charge in [0, 0.05) is 17.1 Å². The van der Waals surface area contributed by atoms with Crippen LogP contribution in [0.4, 0.5) is 5.69 Å². The zero-order valence-electron chi connectivity index (χ0n) is 22.6. The lowest BCUT2D eigenvalue weighted by atomic mass is 9.95. The Balaban J connectivity index is 1.68. The lowest BCUT2D eigenvalue weighted by Crippen LogP contribution is -2.53. The van der Waals surface area contributed by atoms with Gasteiger partial charge in [-0.3, -0.25) is 13.9 Å². The van der Waals surface area contributed by atoms with Gasteiger partial charge in [0.2, 0.25) is 11.8 Å². The van der Waals surface area contributed by atoms with E-state index < -0.39 is 28.5 Å². The predicted molar refractivity (Wildman–Crippen MR) is 167 cm³/mol. The number of rotatable bonds is 10. The number of benzene rings is 3. The van der Waals surface area contributed by atoms with E-state index in [1.54, 1.807) is 25.1 Å². The Hall–Kier alpha value is -2.59. The summed E-state index contributed by atoms with van der Waals surface area (Å²) in [6.45, 7) is 1.23. The smallest absolute Gasteiger partial charge is 0.264 e. The Morgan fingerprint density at radius 2 is 1.66 bits per heavy atom. The second-order valence-corrected chi connectivity index (χ2v) is 13.7. The number of nitrogens with one attached hydrogen (secondary N) is 1. The fourth-order valence-electron chi connectivity index (χ4n) is 4.87. The first kappa shape index (κ1) is 31.3. The molecule has 218 valence electrons. The molecule has 0 spiro atoms. The summed E-state index contributed by atoms with van der Waals surface area (Å²) in [5, 5.41) is 3.50. The predicted octanol–water partition coefficient (Wildman–Crippen LogP) is 6.82. The van der Waals surface area contributed by atoms with E-state index in [1.165, 1.54) is 35.2 Å². The third-order valence-electron chi connectivity index (χ3n) is 7.16. The van der Waals surface area contributed by atoms with Crippen LogP contribution in [-0.4, -0.2) is 43.8 Å². The highest BCUT2D eigenvalue weighted by Gasteiger charge is 2.33. The molecule has 1 N–H and O–H groups in total. The van der Waals surface area contributed by atoms with Crippen molar-refractivity contribution in [3.8, 4) is 0 Å². The molecule has 0 saturated heterocycles. The quantitative estimate of drug-likeness (QED) is 0.255. The van der Waals surface area contributed by atoms with Crippen LogP contribution in [0.3, 0.4) is 0 Å². The van der Waals surface area contributed by atoms with E-state index in [1.807, 2.05) is 24.3 Å². The first-order valence-electron chi connectivity index (χ1n) is 13.4. The van der Waals surface area contributed by atoms with Gasteiger partial charge in [-0.05, 0) is 67.8 Å². The van der Waals surface area contributed by atoms with Crippen molar-refractivity contribution in [3.63, 3.8) is 0 Å². The van der Waals surface area contributed by atoms with Crippen molar-refractivity contribution in [2.45, 2.75) is 62.6 Å². The number of sulfonamides is 1. The summed E-state index contributed by atoms with van der Waals surface area (Å²) >= 11 is 15.8. The molecule has 0 heterocycles. The summed E-state index contributed by atoms with van der Waals surface area (Å²) in [5.74, 6) is -0.811. The van der Waals surface area contributed by atoms with E-state index in [9.17, 15) is 18.0 Å². The monoisotopic (exact) mass is 679 g/mol. The van der Waals surface area contributed by atoms with E-state index in [4.69, 9.17) is 23.2 Å². The molecule has 3 aromatic carbocycles. The standard InChI is InChI=1S/C30H32BrCl2N3O4S/c1-21(30(38)34-24-11-4-2-5-12-24)35(19-22-9-8-10-23(31)17-22)29(37)20-36(25-15-16-27(32)28(33)18-25)41(39,40)26-13-6-3-7-14-26/h3,6-10,13-18,21,24H,2,4-5,11-12,19-20H2,1H3,(H,34,38)/t21-/m1/s1. The van der Waals surface area contributed by atoms with E-state index in [-0.39, 0.29) is 39.1 Å². The van der Waals surface area contributed by atoms with Crippen LogP contribution in [0.2, 0.25) is 10.0 Å². The Kier molecular flexibility index (Phi) is 10.7. The number of hydrogen-bond donors (Lipinski definition) is 1. The number of hydrogen-bond acceptors (Lipinski definition) is 4. The molecular formula is C30H32BrCl2N3O4S. The van der Waals surface area contributed by atoms with Crippen LogP contribution in [-0.2, 0) is 26.2 Å². The van der Waals surface area contributed by atoms with Gasteiger partial charge in [-0.2, -0.15) is 0 Å². The topological polar surface area (TPSA) is 86.8 Å². The molecule has 1 atom stereocenters. The largest absolute Gasteiger partial charge is 0.352 e. The molecule has 0 bridgehead atoms. The molecule has 3 aromatic rings. The SMILES string of the molecule is C[C@H](C(=O)NC1CCCCC1)N(Cc1cccc(Br)c1)C(=O)CN(c1ccc(Cl)c(Cl)c1)S(=O)(=O)c1ccccc1. The van der Waals surface area contributed by atoms with Gasteiger partial charge in [-0.15, -0.1) is 0 Å². The molecule has 1 aliphatic carbocycles. The molecule has 1 aliphatic rings. The van der Waals surface area contributed by atoms with E-state index in [2.05, 4.69) is 21.2 Å². The number of halogens is 3. The second-order valence-electron chi connectivity index (χ2n) is 10.1. The summed E-state index contributed by atoms with van der Waals surface area (Å²) in [5.41, 5.74) is 0.968. The summed E-state index contributed by atoms with van der Waals surface area (Å²) in [6.07, 6.45) is 5.05. The Bertz CT molecular complexity index is 1480. The molecule has 0 aliphatic heterocycles. The van der Waals surface area contributed by atoms with Gasteiger partial charge in [0.15, 0.2) is 0 Å². The summed E-state index contributed by atoms with van der Waals surface area (Å²) in [4.78, 5) is 28.9. The van der Waals surface area contributed by atoms with Crippen molar-refractivity contribution in [2.24, 2.45) is 0 Å². The number of carbonyl (C=O) groups is 2. The van der Waals surface area contributed by atoms with Gasteiger partial charge >= 0.3 is 0 Å². The Labute approximate surface area is 260 Å². The molecule has 11 heteroatoms. The number of amides is 2. The molecule has 0 radical (unpaired) electrons. The van der Waals surface area contributed by atoms with Crippen LogP contribution in [0.15, 0.2) is 82.2 Å². The molecular weight excluding hydrogens is 649 g/mol.